The Hall–Kier alpha value is -2.90. The highest BCUT2D eigenvalue weighted by molar-refractivity contribution is 5.94. The van der Waals surface area contributed by atoms with Crippen LogP contribution in [0.5, 0.6) is 5.75 Å². The number of rotatable bonds is 6. The van der Waals surface area contributed by atoms with Gasteiger partial charge in [0.2, 0.25) is 5.91 Å². The van der Waals surface area contributed by atoms with Crippen molar-refractivity contribution in [3.8, 4) is 5.75 Å². The summed E-state index contributed by atoms with van der Waals surface area (Å²) in [4.78, 5) is 30.6. The third-order valence-electron chi connectivity index (χ3n) is 7.43. The second-order valence-corrected chi connectivity index (χ2v) is 9.52. The van der Waals surface area contributed by atoms with E-state index in [2.05, 4.69) is 17.4 Å². The number of carbonyl (C=O) groups excluding carboxylic acids is 2. The number of methoxy groups -OCH3 is 1. The highest BCUT2D eigenvalue weighted by atomic mass is 16.5. The van der Waals surface area contributed by atoms with E-state index in [1.54, 1.807) is 7.11 Å². The molecule has 34 heavy (non-hydrogen) atoms. The highest BCUT2D eigenvalue weighted by Crippen LogP contribution is 2.35. The standard InChI is InChI=1S/C27H33N3O4/c1-33-22-11-9-21(10-12-22)25(31)29-15-13-27(14-16-29)28-24(18-20-6-3-2-4-7-20)26(32)30(27)19-23-8-5-17-34-23/h2-4,6-7,9-12,23-24,28H,5,8,13-19H2,1H3. The number of piperidine rings is 1. The first-order valence-electron chi connectivity index (χ1n) is 12.3. The zero-order chi connectivity index (χ0) is 23.5. The number of nitrogens with zero attached hydrogens (tertiary/aromatic N) is 2. The lowest BCUT2D eigenvalue weighted by Crippen LogP contribution is -2.60. The van der Waals surface area contributed by atoms with E-state index in [9.17, 15) is 9.59 Å². The number of nitrogens with one attached hydrogen (secondary N) is 1. The Bertz CT molecular complexity index is 996. The van der Waals surface area contributed by atoms with Crippen LogP contribution in [0.25, 0.3) is 0 Å². The predicted octanol–water partition coefficient (Wildman–Crippen LogP) is 2.85. The van der Waals surface area contributed by atoms with Crippen molar-refractivity contribution in [2.75, 3.05) is 33.4 Å². The van der Waals surface area contributed by atoms with Crippen LogP contribution in [-0.2, 0) is 16.0 Å². The van der Waals surface area contributed by atoms with Gasteiger partial charge in [-0.05, 0) is 49.1 Å². The highest BCUT2D eigenvalue weighted by Gasteiger charge is 2.52. The molecule has 3 heterocycles. The van der Waals surface area contributed by atoms with Gasteiger partial charge < -0.3 is 19.3 Å². The van der Waals surface area contributed by atoms with Crippen LogP contribution in [0.1, 0.15) is 41.6 Å². The summed E-state index contributed by atoms with van der Waals surface area (Å²) in [6.07, 6.45) is 4.21. The normalized spacial score (nSPS) is 24.1. The van der Waals surface area contributed by atoms with Gasteiger partial charge in [-0.1, -0.05) is 30.3 Å². The molecule has 2 atom stereocenters. The number of hydrogen-bond donors (Lipinski definition) is 1. The van der Waals surface area contributed by atoms with E-state index < -0.39 is 5.66 Å². The summed E-state index contributed by atoms with van der Waals surface area (Å²) in [6.45, 7) is 2.59. The van der Waals surface area contributed by atoms with Crippen molar-refractivity contribution >= 4 is 11.8 Å². The molecule has 0 aromatic heterocycles. The van der Waals surface area contributed by atoms with E-state index in [0.717, 1.165) is 30.8 Å². The molecule has 1 spiro atoms. The monoisotopic (exact) mass is 463 g/mol. The van der Waals surface area contributed by atoms with E-state index in [0.29, 0.717) is 44.5 Å². The second-order valence-electron chi connectivity index (χ2n) is 9.52. The van der Waals surface area contributed by atoms with E-state index in [1.165, 1.54) is 0 Å². The molecule has 0 aliphatic carbocycles. The first kappa shape index (κ1) is 22.9. The van der Waals surface area contributed by atoms with Crippen LogP contribution in [0.4, 0.5) is 0 Å². The molecule has 3 aliphatic rings. The van der Waals surface area contributed by atoms with Gasteiger partial charge in [0.1, 0.15) is 5.75 Å². The molecule has 7 heteroatoms. The van der Waals surface area contributed by atoms with Gasteiger partial charge in [-0.3, -0.25) is 14.9 Å². The Labute approximate surface area is 201 Å². The summed E-state index contributed by atoms with van der Waals surface area (Å²) in [6, 6.07) is 17.1. The van der Waals surface area contributed by atoms with Crippen LogP contribution >= 0.6 is 0 Å². The number of hydrogen-bond acceptors (Lipinski definition) is 5. The molecule has 5 rings (SSSR count). The molecule has 2 aromatic rings. The number of likely N-dealkylation sites (tertiary alicyclic amines) is 1. The van der Waals surface area contributed by atoms with Crippen LogP contribution in [0.3, 0.4) is 0 Å². The number of carbonyl (C=O) groups is 2. The third kappa shape index (κ3) is 4.55. The molecule has 0 saturated carbocycles. The lowest BCUT2D eigenvalue weighted by Gasteiger charge is -2.45. The SMILES string of the molecule is COc1ccc(C(=O)N2CCC3(CC2)NC(Cc2ccccc2)C(=O)N3CC2CCCO2)cc1. The smallest absolute Gasteiger partial charge is 0.253 e. The Morgan fingerprint density at radius 3 is 2.50 bits per heavy atom. The Morgan fingerprint density at radius 1 is 1.12 bits per heavy atom. The minimum absolute atomic E-state index is 0.0216. The predicted molar refractivity (Wildman–Crippen MR) is 129 cm³/mol. The third-order valence-corrected chi connectivity index (χ3v) is 7.43. The lowest BCUT2D eigenvalue weighted by atomic mass is 9.94. The fourth-order valence-corrected chi connectivity index (χ4v) is 5.52. The Morgan fingerprint density at radius 2 is 1.85 bits per heavy atom. The van der Waals surface area contributed by atoms with Gasteiger partial charge in [0.25, 0.3) is 5.91 Å². The molecule has 2 amide bonds. The van der Waals surface area contributed by atoms with Crippen LogP contribution in [0.2, 0.25) is 0 Å². The van der Waals surface area contributed by atoms with E-state index in [-0.39, 0.29) is 24.0 Å². The summed E-state index contributed by atoms with van der Waals surface area (Å²) in [7, 11) is 1.62. The Kier molecular flexibility index (Phi) is 6.57. The average molecular weight is 464 g/mol. The van der Waals surface area contributed by atoms with Crippen molar-refractivity contribution in [3.63, 3.8) is 0 Å². The molecule has 3 aliphatic heterocycles. The van der Waals surface area contributed by atoms with Gasteiger partial charge >= 0.3 is 0 Å². The number of ether oxygens (including phenoxy) is 2. The summed E-state index contributed by atoms with van der Waals surface area (Å²) in [5.74, 6) is 0.902. The van der Waals surface area contributed by atoms with Gasteiger partial charge in [0, 0.05) is 44.6 Å². The van der Waals surface area contributed by atoms with Gasteiger partial charge in [-0.15, -0.1) is 0 Å². The van der Waals surface area contributed by atoms with Gasteiger partial charge in [0.15, 0.2) is 0 Å². The van der Waals surface area contributed by atoms with Gasteiger partial charge in [-0.2, -0.15) is 0 Å². The fraction of sp³-hybridized carbons (Fsp3) is 0.481. The number of amides is 2. The van der Waals surface area contributed by atoms with E-state index in [4.69, 9.17) is 9.47 Å². The van der Waals surface area contributed by atoms with E-state index >= 15 is 0 Å². The molecule has 0 radical (unpaired) electrons. The van der Waals surface area contributed by atoms with E-state index in [1.807, 2.05) is 52.3 Å². The van der Waals surface area contributed by atoms with Crippen LogP contribution in [0.15, 0.2) is 54.6 Å². The van der Waals surface area contributed by atoms with Crippen LogP contribution in [-0.4, -0.2) is 72.8 Å². The number of benzene rings is 2. The van der Waals surface area contributed by atoms with Crippen molar-refractivity contribution in [2.24, 2.45) is 0 Å². The molecule has 1 N–H and O–H groups in total. The maximum atomic E-state index is 13.6. The summed E-state index contributed by atoms with van der Waals surface area (Å²) in [5, 5.41) is 3.71. The van der Waals surface area contributed by atoms with Gasteiger partial charge in [-0.25, -0.2) is 0 Å². The van der Waals surface area contributed by atoms with Crippen LogP contribution in [0, 0.1) is 0 Å². The zero-order valence-corrected chi connectivity index (χ0v) is 19.7. The molecule has 3 fully saturated rings. The zero-order valence-electron chi connectivity index (χ0n) is 19.7. The van der Waals surface area contributed by atoms with Crippen molar-refractivity contribution < 1.29 is 19.1 Å². The van der Waals surface area contributed by atoms with Crippen molar-refractivity contribution in [3.05, 3.63) is 65.7 Å². The average Bonchev–Trinajstić information content (AvgIpc) is 3.48. The van der Waals surface area contributed by atoms with Gasteiger partial charge in [0.05, 0.1) is 24.9 Å². The summed E-state index contributed by atoms with van der Waals surface area (Å²) >= 11 is 0. The molecule has 7 nitrogen and oxygen atoms in total. The quantitative estimate of drug-likeness (QED) is 0.714. The minimum atomic E-state index is -0.431. The minimum Gasteiger partial charge on any atom is -0.497 e. The fourth-order valence-electron chi connectivity index (χ4n) is 5.52. The van der Waals surface area contributed by atoms with Crippen molar-refractivity contribution in [1.29, 1.82) is 0 Å². The topological polar surface area (TPSA) is 71.1 Å². The van der Waals surface area contributed by atoms with Crippen molar-refractivity contribution in [1.82, 2.24) is 15.1 Å². The summed E-state index contributed by atoms with van der Waals surface area (Å²) < 4.78 is 11.1. The molecular weight excluding hydrogens is 430 g/mol. The maximum absolute atomic E-state index is 13.6. The molecule has 2 aromatic carbocycles. The largest absolute Gasteiger partial charge is 0.497 e. The molecular formula is C27H33N3O4. The maximum Gasteiger partial charge on any atom is 0.253 e. The first-order chi connectivity index (χ1) is 16.6. The molecule has 0 bridgehead atoms. The first-order valence-corrected chi connectivity index (χ1v) is 12.3. The van der Waals surface area contributed by atoms with Crippen molar-refractivity contribution in [2.45, 2.75) is 49.9 Å². The van der Waals surface area contributed by atoms with Crippen LogP contribution < -0.4 is 10.1 Å². The molecule has 180 valence electrons. The summed E-state index contributed by atoms with van der Waals surface area (Å²) in [5.41, 5.74) is 1.37. The molecule has 3 saturated heterocycles. The lowest BCUT2D eigenvalue weighted by molar-refractivity contribution is -0.135. The molecule has 2 unspecified atom stereocenters. The Balaban J connectivity index is 1.31. The second kappa shape index (κ2) is 9.76.